The summed E-state index contributed by atoms with van der Waals surface area (Å²) in [7, 11) is 1.54. The fourth-order valence-electron chi connectivity index (χ4n) is 5.60. The third-order valence-corrected chi connectivity index (χ3v) is 7.89. The zero-order valence-electron chi connectivity index (χ0n) is 23.2. The number of benzene rings is 3. The van der Waals surface area contributed by atoms with Crippen LogP contribution in [0.15, 0.2) is 91.0 Å². The molecule has 8 nitrogen and oxygen atoms in total. The molecule has 0 spiro atoms. The number of ether oxygens (including phenoxy) is 2. The number of Topliss-reactive ketones (excluding diaryl/α,β-unsaturated/α-hetero) is 1. The maximum Gasteiger partial charge on any atom is 0.339 e. The number of amides is 2. The summed E-state index contributed by atoms with van der Waals surface area (Å²) in [6.07, 6.45) is 4.06. The number of para-hydroxylation sites is 1. The van der Waals surface area contributed by atoms with E-state index in [1.807, 2.05) is 18.2 Å². The molecule has 1 saturated heterocycles. The van der Waals surface area contributed by atoms with Gasteiger partial charge in [-0.3, -0.25) is 19.3 Å². The quantitative estimate of drug-likeness (QED) is 0.122. The summed E-state index contributed by atoms with van der Waals surface area (Å²) in [5, 5.41) is 0.594. The summed E-state index contributed by atoms with van der Waals surface area (Å²) in [5.74, 6) is -1.32. The summed E-state index contributed by atoms with van der Waals surface area (Å²) in [6.45, 7) is 1.54. The van der Waals surface area contributed by atoms with Crippen LogP contribution in [0.2, 0.25) is 0 Å². The Morgan fingerprint density at radius 1 is 0.881 bits per heavy atom. The first kappa shape index (κ1) is 27.1. The van der Waals surface area contributed by atoms with Crippen molar-refractivity contribution in [3.05, 3.63) is 102 Å². The highest BCUT2D eigenvalue weighted by atomic mass is 16.5. The molecule has 0 bridgehead atoms. The number of carbonyl (C=O) groups excluding carboxylic acids is 4. The molecule has 0 N–H and O–H groups in total. The SMILES string of the molecule is COc1ccc(C(=O)C(C)OC(=O)c2cc(-c3ccc(N4C(=O)C5CC=CCC5C4=O)cc3)nc3ccccc23)cc1. The normalized spacial score (nSPS) is 18.6. The summed E-state index contributed by atoms with van der Waals surface area (Å²) >= 11 is 0. The number of nitrogens with zero attached hydrogens (tertiary/aromatic N) is 2. The fraction of sp³-hybridized carbons (Fsp3) is 0.206. The van der Waals surface area contributed by atoms with Gasteiger partial charge in [-0.15, -0.1) is 0 Å². The van der Waals surface area contributed by atoms with Crippen molar-refractivity contribution in [2.45, 2.75) is 25.9 Å². The van der Waals surface area contributed by atoms with Gasteiger partial charge < -0.3 is 9.47 Å². The van der Waals surface area contributed by atoms with Gasteiger partial charge in [-0.05, 0) is 68.3 Å². The minimum atomic E-state index is -1.02. The summed E-state index contributed by atoms with van der Waals surface area (Å²) in [4.78, 5) is 58.4. The van der Waals surface area contributed by atoms with Gasteiger partial charge in [0.2, 0.25) is 17.6 Å². The molecule has 8 heteroatoms. The van der Waals surface area contributed by atoms with Crippen molar-refractivity contribution in [2.75, 3.05) is 12.0 Å². The topological polar surface area (TPSA) is 103 Å². The van der Waals surface area contributed by atoms with Gasteiger partial charge in [0.1, 0.15) is 5.75 Å². The Hall–Kier alpha value is -5.11. The second-order valence-electron chi connectivity index (χ2n) is 10.4. The Bertz CT molecular complexity index is 1720. The highest BCUT2D eigenvalue weighted by Gasteiger charge is 2.47. The van der Waals surface area contributed by atoms with Crippen molar-refractivity contribution in [1.29, 1.82) is 0 Å². The number of carbonyl (C=O) groups is 4. The first-order valence-electron chi connectivity index (χ1n) is 13.8. The lowest BCUT2D eigenvalue weighted by atomic mass is 9.85. The van der Waals surface area contributed by atoms with Crippen LogP contribution in [0.4, 0.5) is 5.69 Å². The lowest BCUT2D eigenvalue weighted by Gasteiger charge is -2.16. The molecule has 1 aliphatic carbocycles. The number of esters is 1. The van der Waals surface area contributed by atoms with Gasteiger partial charge >= 0.3 is 5.97 Å². The molecule has 1 aromatic heterocycles. The molecule has 2 aliphatic rings. The van der Waals surface area contributed by atoms with Crippen molar-refractivity contribution in [3.63, 3.8) is 0 Å². The molecule has 1 aliphatic heterocycles. The van der Waals surface area contributed by atoms with Crippen LogP contribution in [0.5, 0.6) is 5.75 Å². The Morgan fingerprint density at radius 3 is 2.17 bits per heavy atom. The summed E-state index contributed by atoms with van der Waals surface area (Å²) in [6, 6.07) is 22.4. The molecule has 3 aromatic carbocycles. The number of aromatic nitrogens is 1. The number of hydrogen-bond acceptors (Lipinski definition) is 7. The van der Waals surface area contributed by atoms with Crippen molar-refractivity contribution in [3.8, 4) is 17.0 Å². The van der Waals surface area contributed by atoms with Crippen LogP contribution >= 0.6 is 0 Å². The predicted molar refractivity (Wildman–Crippen MR) is 157 cm³/mol. The number of anilines is 1. The molecule has 42 heavy (non-hydrogen) atoms. The third-order valence-electron chi connectivity index (χ3n) is 7.89. The second-order valence-corrected chi connectivity index (χ2v) is 10.4. The predicted octanol–water partition coefficient (Wildman–Crippen LogP) is 5.79. The third kappa shape index (κ3) is 4.85. The van der Waals surface area contributed by atoms with Crippen LogP contribution in [0.3, 0.4) is 0 Å². The van der Waals surface area contributed by atoms with Crippen LogP contribution in [-0.4, -0.2) is 41.8 Å². The van der Waals surface area contributed by atoms with E-state index < -0.39 is 12.1 Å². The Labute approximate surface area is 242 Å². The highest BCUT2D eigenvalue weighted by Crippen LogP contribution is 2.38. The van der Waals surface area contributed by atoms with Gasteiger partial charge in [0.15, 0.2) is 6.10 Å². The largest absolute Gasteiger partial charge is 0.497 e. The monoisotopic (exact) mass is 560 g/mol. The maximum atomic E-state index is 13.4. The molecule has 1 fully saturated rings. The molecular weight excluding hydrogens is 532 g/mol. The van der Waals surface area contributed by atoms with Gasteiger partial charge in [-0.1, -0.05) is 42.5 Å². The average molecular weight is 561 g/mol. The summed E-state index contributed by atoms with van der Waals surface area (Å²) < 4.78 is 10.8. The molecule has 2 heterocycles. The number of rotatable bonds is 7. The van der Waals surface area contributed by atoms with Crippen LogP contribution in [0.1, 0.15) is 40.5 Å². The highest BCUT2D eigenvalue weighted by molar-refractivity contribution is 6.22. The van der Waals surface area contributed by atoms with E-state index in [1.54, 1.807) is 86.8 Å². The van der Waals surface area contributed by atoms with E-state index >= 15 is 0 Å². The lowest BCUT2D eigenvalue weighted by Crippen LogP contribution is -2.30. The van der Waals surface area contributed by atoms with Crippen molar-refractivity contribution < 1.29 is 28.7 Å². The van der Waals surface area contributed by atoms with Crippen LogP contribution in [0.25, 0.3) is 22.2 Å². The van der Waals surface area contributed by atoms with Gasteiger partial charge in [-0.2, -0.15) is 0 Å². The molecular formula is C34H28N2O6. The molecule has 6 rings (SSSR count). The van der Waals surface area contributed by atoms with Gasteiger partial charge in [0.25, 0.3) is 0 Å². The standard InChI is InChI=1S/C34H28N2O6/c1-20(31(37)22-13-17-24(41-2)18-14-22)42-34(40)28-19-30(35-29-10-6-5-7-25(28)29)21-11-15-23(16-12-21)36-32(38)26-8-3-4-9-27(26)33(36)39/h3-7,10-20,26-27H,8-9H2,1-2H3. The molecule has 0 radical (unpaired) electrons. The number of methoxy groups -OCH3 is 1. The number of allylic oxidation sites excluding steroid dienone is 2. The van der Waals surface area contributed by atoms with Crippen molar-refractivity contribution in [1.82, 2.24) is 4.98 Å². The van der Waals surface area contributed by atoms with Crippen molar-refractivity contribution >= 4 is 40.2 Å². The van der Waals surface area contributed by atoms with E-state index in [0.29, 0.717) is 52.0 Å². The van der Waals surface area contributed by atoms with E-state index in [1.165, 1.54) is 4.90 Å². The smallest absolute Gasteiger partial charge is 0.339 e. The zero-order valence-corrected chi connectivity index (χ0v) is 23.2. The number of pyridine rings is 1. The number of ketones is 1. The first-order valence-corrected chi connectivity index (χ1v) is 13.8. The number of imide groups is 1. The zero-order chi connectivity index (χ0) is 29.4. The van der Waals surface area contributed by atoms with Crippen LogP contribution < -0.4 is 9.64 Å². The summed E-state index contributed by atoms with van der Waals surface area (Å²) in [5.41, 5.74) is 2.98. The van der Waals surface area contributed by atoms with Crippen molar-refractivity contribution in [2.24, 2.45) is 11.8 Å². The molecule has 4 aromatic rings. The Kier molecular flexibility index (Phi) is 7.12. The van der Waals surface area contributed by atoms with Crippen LogP contribution in [-0.2, 0) is 14.3 Å². The molecule has 3 unspecified atom stereocenters. The number of hydrogen-bond donors (Lipinski definition) is 0. The first-order chi connectivity index (χ1) is 20.4. The fourth-order valence-corrected chi connectivity index (χ4v) is 5.60. The van der Waals surface area contributed by atoms with Gasteiger partial charge in [-0.25, -0.2) is 9.78 Å². The molecule has 2 amide bonds. The Balaban J connectivity index is 1.26. The van der Waals surface area contributed by atoms with E-state index in [0.717, 1.165) is 0 Å². The Morgan fingerprint density at radius 2 is 1.52 bits per heavy atom. The lowest BCUT2D eigenvalue weighted by molar-refractivity contribution is -0.122. The average Bonchev–Trinajstić information content (AvgIpc) is 3.29. The molecule has 210 valence electrons. The van der Waals surface area contributed by atoms with E-state index in [9.17, 15) is 19.2 Å². The minimum Gasteiger partial charge on any atom is -0.497 e. The van der Waals surface area contributed by atoms with Gasteiger partial charge in [0.05, 0.1) is 41.4 Å². The maximum absolute atomic E-state index is 13.4. The van der Waals surface area contributed by atoms with Crippen LogP contribution in [0, 0.1) is 11.8 Å². The minimum absolute atomic E-state index is 0.172. The molecule has 0 saturated carbocycles. The van der Waals surface area contributed by atoms with E-state index in [-0.39, 0.29) is 35.0 Å². The van der Waals surface area contributed by atoms with E-state index in [2.05, 4.69) is 0 Å². The van der Waals surface area contributed by atoms with E-state index in [4.69, 9.17) is 14.5 Å². The number of fused-ring (bicyclic) bond motifs is 2. The molecule has 3 atom stereocenters. The second kappa shape index (κ2) is 11.0. The van der Waals surface area contributed by atoms with Gasteiger partial charge in [0, 0.05) is 16.5 Å².